The molecule has 0 rings (SSSR count). The van der Waals surface area contributed by atoms with E-state index in [9.17, 15) is 14.4 Å². The highest BCUT2D eigenvalue weighted by Gasteiger charge is 2.19. The van der Waals surface area contributed by atoms with Crippen molar-refractivity contribution >= 4 is 17.9 Å². The highest BCUT2D eigenvalue weighted by molar-refractivity contribution is 5.71. The van der Waals surface area contributed by atoms with Gasteiger partial charge in [0.05, 0.1) is 0 Å². The van der Waals surface area contributed by atoms with Crippen molar-refractivity contribution in [1.82, 2.24) is 0 Å². The molecule has 0 radical (unpaired) electrons. The lowest BCUT2D eigenvalue weighted by Gasteiger charge is -2.18. The first-order chi connectivity index (χ1) is 28.0. The first kappa shape index (κ1) is 54.1. The molecule has 0 bridgehead atoms. The molecule has 57 heavy (non-hydrogen) atoms. The molecule has 0 aliphatic rings. The highest BCUT2D eigenvalue weighted by Crippen LogP contribution is 2.13. The zero-order valence-corrected chi connectivity index (χ0v) is 37.3. The Hall–Kier alpha value is -2.89. The number of esters is 3. The molecule has 0 heterocycles. The topological polar surface area (TPSA) is 78.9 Å². The van der Waals surface area contributed by atoms with E-state index in [-0.39, 0.29) is 37.5 Å². The number of hydrogen-bond acceptors (Lipinski definition) is 6. The van der Waals surface area contributed by atoms with Crippen LogP contribution in [0.1, 0.15) is 226 Å². The Morgan fingerprint density at radius 1 is 0.386 bits per heavy atom. The Balaban J connectivity index is 4.32. The monoisotopic (exact) mass is 797 g/mol. The molecular weight excluding hydrogens is 709 g/mol. The highest BCUT2D eigenvalue weighted by atomic mass is 16.6. The lowest BCUT2D eigenvalue weighted by Crippen LogP contribution is -2.30. The van der Waals surface area contributed by atoms with Gasteiger partial charge in [0.1, 0.15) is 13.2 Å². The quantitative estimate of drug-likeness (QED) is 0.0201. The van der Waals surface area contributed by atoms with Crippen LogP contribution in [-0.4, -0.2) is 37.2 Å². The van der Waals surface area contributed by atoms with Crippen molar-refractivity contribution in [3.05, 3.63) is 60.8 Å². The Bertz CT molecular complexity index is 1050. The van der Waals surface area contributed by atoms with Crippen LogP contribution in [0.2, 0.25) is 0 Å². The van der Waals surface area contributed by atoms with Gasteiger partial charge in [-0.05, 0) is 89.9 Å². The van der Waals surface area contributed by atoms with E-state index >= 15 is 0 Å². The second-order valence-corrected chi connectivity index (χ2v) is 15.7. The lowest BCUT2D eigenvalue weighted by atomic mass is 10.1. The van der Waals surface area contributed by atoms with Gasteiger partial charge in [0.2, 0.25) is 0 Å². The predicted octanol–water partition coefficient (Wildman–Crippen LogP) is 15.3. The third-order valence-electron chi connectivity index (χ3n) is 10.0. The van der Waals surface area contributed by atoms with Crippen molar-refractivity contribution in [2.75, 3.05) is 13.2 Å². The van der Waals surface area contributed by atoms with Gasteiger partial charge in [-0.3, -0.25) is 14.4 Å². The van der Waals surface area contributed by atoms with E-state index in [1.807, 2.05) is 0 Å². The van der Waals surface area contributed by atoms with E-state index in [2.05, 4.69) is 81.5 Å². The number of carbonyl (C=O) groups excluding carboxylic acids is 3. The van der Waals surface area contributed by atoms with Crippen molar-refractivity contribution in [2.45, 2.75) is 232 Å². The maximum absolute atomic E-state index is 12.7. The van der Waals surface area contributed by atoms with Gasteiger partial charge in [-0.1, -0.05) is 178 Å². The molecule has 6 heteroatoms. The number of rotatable bonds is 42. The lowest BCUT2D eigenvalue weighted by molar-refractivity contribution is -0.167. The Morgan fingerprint density at radius 3 is 1.28 bits per heavy atom. The number of allylic oxidation sites excluding steroid dienone is 10. The summed E-state index contributed by atoms with van der Waals surface area (Å²) >= 11 is 0. The Morgan fingerprint density at radius 2 is 0.754 bits per heavy atom. The molecule has 0 spiro atoms. The fraction of sp³-hybridized carbons (Fsp3) is 0.745. The van der Waals surface area contributed by atoms with Gasteiger partial charge in [0, 0.05) is 19.3 Å². The average Bonchev–Trinajstić information content (AvgIpc) is 3.21. The van der Waals surface area contributed by atoms with Crippen molar-refractivity contribution in [3.8, 4) is 0 Å². The normalized spacial score (nSPS) is 12.5. The van der Waals surface area contributed by atoms with E-state index in [1.165, 1.54) is 103 Å². The van der Waals surface area contributed by atoms with Crippen molar-refractivity contribution in [1.29, 1.82) is 0 Å². The summed E-state index contributed by atoms with van der Waals surface area (Å²) in [4.78, 5) is 37.7. The fourth-order valence-electron chi connectivity index (χ4n) is 6.39. The summed E-state index contributed by atoms with van der Waals surface area (Å²) < 4.78 is 16.6. The number of carbonyl (C=O) groups is 3. The van der Waals surface area contributed by atoms with Crippen molar-refractivity contribution in [3.63, 3.8) is 0 Å². The van der Waals surface area contributed by atoms with Crippen LogP contribution in [0.5, 0.6) is 0 Å². The van der Waals surface area contributed by atoms with E-state index in [0.717, 1.165) is 83.5 Å². The molecule has 0 aliphatic heterocycles. The summed E-state index contributed by atoms with van der Waals surface area (Å²) in [6.07, 6.45) is 55.1. The van der Waals surface area contributed by atoms with Gasteiger partial charge < -0.3 is 14.2 Å². The van der Waals surface area contributed by atoms with Crippen LogP contribution in [0.4, 0.5) is 0 Å². The van der Waals surface area contributed by atoms with Gasteiger partial charge >= 0.3 is 17.9 Å². The first-order valence-corrected chi connectivity index (χ1v) is 23.8. The van der Waals surface area contributed by atoms with Crippen LogP contribution in [0, 0.1) is 0 Å². The molecule has 0 saturated heterocycles. The fourth-order valence-corrected chi connectivity index (χ4v) is 6.39. The first-order valence-electron chi connectivity index (χ1n) is 23.8. The molecule has 0 aromatic heterocycles. The van der Waals surface area contributed by atoms with E-state index < -0.39 is 6.10 Å². The average molecular weight is 797 g/mol. The van der Waals surface area contributed by atoms with Gasteiger partial charge in [-0.15, -0.1) is 0 Å². The molecule has 0 saturated carbocycles. The van der Waals surface area contributed by atoms with E-state index in [1.54, 1.807) is 0 Å². The third kappa shape index (κ3) is 44.1. The molecule has 6 nitrogen and oxygen atoms in total. The SMILES string of the molecule is CC/C=C\C/C=C\CCCCC(=O)OCC(COC(=O)CCCCCCCCC/C=C\CCCCCCCCCC)OC(=O)CCCCC/C=C\C=C/CCCC. The van der Waals surface area contributed by atoms with Crippen LogP contribution in [0.25, 0.3) is 0 Å². The summed E-state index contributed by atoms with van der Waals surface area (Å²) in [7, 11) is 0. The number of ether oxygens (including phenoxy) is 3. The summed E-state index contributed by atoms with van der Waals surface area (Å²) in [6, 6.07) is 0. The molecule has 1 unspecified atom stereocenters. The summed E-state index contributed by atoms with van der Waals surface area (Å²) in [5.41, 5.74) is 0. The van der Waals surface area contributed by atoms with Crippen LogP contribution in [0.15, 0.2) is 60.8 Å². The van der Waals surface area contributed by atoms with Crippen molar-refractivity contribution in [2.24, 2.45) is 0 Å². The smallest absolute Gasteiger partial charge is 0.306 e. The zero-order chi connectivity index (χ0) is 41.5. The molecule has 328 valence electrons. The van der Waals surface area contributed by atoms with Gasteiger partial charge in [-0.2, -0.15) is 0 Å². The molecule has 0 amide bonds. The molecule has 0 N–H and O–H groups in total. The molecule has 0 aromatic carbocycles. The largest absolute Gasteiger partial charge is 0.462 e. The second kappa shape index (κ2) is 45.8. The summed E-state index contributed by atoms with van der Waals surface area (Å²) in [5.74, 6) is -0.972. The van der Waals surface area contributed by atoms with Gasteiger partial charge in [-0.25, -0.2) is 0 Å². The summed E-state index contributed by atoms with van der Waals surface area (Å²) in [6.45, 7) is 6.39. The molecular formula is C51H88O6. The van der Waals surface area contributed by atoms with Crippen LogP contribution >= 0.6 is 0 Å². The van der Waals surface area contributed by atoms with Crippen LogP contribution in [-0.2, 0) is 28.6 Å². The van der Waals surface area contributed by atoms with Gasteiger partial charge in [0.15, 0.2) is 6.10 Å². The predicted molar refractivity (Wildman–Crippen MR) is 242 cm³/mol. The summed E-state index contributed by atoms with van der Waals surface area (Å²) in [5, 5.41) is 0. The minimum absolute atomic E-state index is 0.0980. The van der Waals surface area contributed by atoms with E-state index in [0.29, 0.717) is 12.8 Å². The van der Waals surface area contributed by atoms with Crippen LogP contribution in [0.3, 0.4) is 0 Å². The molecule has 0 fully saturated rings. The number of hydrogen-bond donors (Lipinski definition) is 0. The minimum Gasteiger partial charge on any atom is -0.462 e. The molecule has 0 aliphatic carbocycles. The maximum Gasteiger partial charge on any atom is 0.306 e. The van der Waals surface area contributed by atoms with Gasteiger partial charge in [0.25, 0.3) is 0 Å². The Kier molecular flexibility index (Phi) is 43.5. The minimum atomic E-state index is -0.799. The second-order valence-electron chi connectivity index (χ2n) is 15.7. The van der Waals surface area contributed by atoms with E-state index in [4.69, 9.17) is 14.2 Å². The maximum atomic E-state index is 12.7. The third-order valence-corrected chi connectivity index (χ3v) is 10.0. The Labute approximate surface area is 351 Å². The zero-order valence-electron chi connectivity index (χ0n) is 37.3. The van der Waals surface area contributed by atoms with Crippen molar-refractivity contribution < 1.29 is 28.6 Å². The molecule has 1 atom stereocenters. The standard InChI is InChI=1S/C51H88O6/c1-4-7-10-13-16-19-21-22-23-24-25-26-27-28-30-32-35-38-41-44-50(53)56-47-48(46-55-49(52)43-40-37-34-31-18-15-12-9-6-3)57-51(54)45-42-39-36-33-29-20-17-14-11-8-5-2/h9,12,14,17-18,20,24-25,29,31,48H,4-8,10-11,13,15-16,19,21-23,26-28,30,32-47H2,1-3H3/b12-9-,17-14-,25-24-,29-20-,31-18-. The molecule has 0 aromatic rings. The number of unbranched alkanes of at least 4 members (excludes halogenated alkanes) is 22. The van der Waals surface area contributed by atoms with Crippen LogP contribution < -0.4 is 0 Å².